The van der Waals surface area contributed by atoms with Gasteiger partial charge in [-0.3, -0.25) is 0 Å². The van der Waals surface area contributed by atoms with Crippen LogP contribution >= 0.6 is 0 Å². The highest BCUT2D eigenvalue weighted by Crippen LogP contribution is 2.20. The number of benzene rings is 1. The number of rotatable bonds is 6. The molecule has 0 fully saturated rings. The lowest BCUT2D eigenvalue weighted by Gasteiger charge is -2.13. The SMILES string of the molecule is CCOC(=O)c1ccc(NCCNC(=O)N(C)C)c(N)c1. The number of urea groups is 1. The highest BCUT2D eigenvalue weighted by atomic mass is 16.5. The van der Waals surface area contributed by atoms with E-state index in [-0.39, 0.29) is 6.03 Å². The second-order valence-electron chi connectivity index (χ2n) is 4.58. The van der Waals surface area contributed by atoms with Crippen LogP contribution < -0.4 is 16.4 Å². The topological polar surface area (TPSA) is 96.7 Å². The molecule has 0 aliphatic heterocycles. The molecule has 7 nitrogen and oxygen atoms in total. The Morgan fingerprint density at radius 1 is 1.29 bits per heavy atom. The quantitative estimate of drug-likeness (QED) is 0.415. The molecule has 0 spiro atoms. The molecule has 0 bridgehead atoms. The van der Waals surface area contributed by atoms with E-state index in [0.29, 0.717) is 36.6 Å². The third-order valence-electron chi connectivity index (χ3n) is 2.69. The van der Waals surface area contributed by atoms with Gasteiger partial charge >= 0.3 is 12.0 Å². The molecule has 1 aromatic carbocycles. The van der Waals surface area contributed by atoms with Crippen molar-refractivity contribution in [3.05, 3.63) is 23.8 Å². The summed E-state index contributed by atoms with van der Waals surface area (Å²) in [6.45, 7) is 3.07. The molecule has 21 heavy (non-hydrogen) atoms. The van der Waals surface area contributed by atoms with Crippen LogP contribution in [0.5, 0.6) is 0 Å². The van der Waals surface area contributed by atoms with Crippen molar-refractivity contribution in [1.29, 1.82) is 0 Å². The van der Waals surface area contributed by atoms with Gasteiger partial charge in [0.2, 0.25) is 0 Å². The first-order valence-electron chi connectivity index (χ1n) is 6.71. The highest BCUT2D eigenvalue weighted by molar-refractivity contribution is 5.91. The van der Waals surface area contributed by atoms with Gasteiger partial charge in [0.25, 0.3) is 0 Å². The zero-order chi connectivity index (χ0) is 15.8. The highest BCUT2D eigenvalue weighted by Gasteiger charge is 2.08. The predicted molar refractivity (Wildman–Crippen MR) is 82.4 cm³/mol. The van der Waals surface area contributed by atoms with Crippen molar-refractivity contribution in [3.8, 4) is 0 Å². The van der Waals surface area contributed by atoms with E-state index in [0.717, 1.165) is 0 Å². The third-order valence-corrected chi connectivity index (χ3v) is 2.69. The zero-order valence-electron chi connectivity index (χ0n) is 12.6. The van der Waals surface area contributed by atoms with Crippen LogP contribution in [0.4, 0.5) is 16.2 Å². The molecule has 0 saturated heterocycles. The number of nitrogen functional groups attached to an aromatic ring is 1. The molecule has 1 rings (SSSR count). The Balaban J connectivity index is 2.50. The lowest BCUT2D eigenvalue weighted by molar-refractivity contribution is 0.0526. The fraction of sp³-hybridized carbons (Fsp3) is 0.429. The lowest BCUT2D eigenvalue weighted by Crippen LogP contribution is -2.37. The molecule has 0 unspecified atom stereocenters. The van der Waals surface area contributed by atoms with Gasteiger partial charge in [-0.25, -0.2) is 9.59 Å². The average Bonchev–Trinajstić information content (AvgIpc) is 2.44. The van der Waals surface area contributed by atoms with Gasteiger partial charge in [0.15, 0.2) is 0 Å². The fourth-order valence-corrected chi connectivity index (χ4v) is 1.59. The summed E-state index contributed by atoms with van der Waals surface area (Å²) in [7, 11) is 3.35. The number of anilines is 2. The van der Waals surface area contributed by atoms with Gasteiger partial charge in [-0.2, -0.15) is 0 Å². The second kappa shape index (κ2) is 7.98. The average molecular weight is 294 g/mol. The summed E-state index contributed by atoms with van der Waals surface area (Å²) >= 11 is 0. The van der Waals surface area contributed by atoms with Crippen molar-refractivity contribution < 1.29 is 14.3 Å². The first kappa shape index (κ1) is 16.6. The van der Waals surface area contributed by atoms with Gasteiger partial charge < -0.3 is 26.0 Å². The molecule has 7 heteroatoms. The van der Waals surface area contributed by atoms with Gasteiger partial charge in [-0.1, -0.05) is 0 Å². The van der Waals surface area contributed by atoms with E-state index in [2.05, 4.69) is 10.6 Å². The van der Waals surface area contributed by atoms with Crippen LogP contribution in [-0.4, -0.2) is 50.7 Å². The standard InChI is InChI=1S/C14H22N4O3/c1-4-21-13(19)10-5-6-12(11(15)9-10)16-7-8-17-14(20)18(2)3/h5-6,9,16H,4,7-8,15H2,1-3H3,(H,17,20). The normalized spacial score (nSPS) is 9.86. The van der Waals surface area contributed by atoms with E-state index in [1.165, 1.54) is 4.90 Å². The monoisotopic (exact) mass is 294 g/mol. The molecule has 116 valence electrons. The lowest BCUT2D eigenvalue weighted by atomic mass is 10.1. The first-order chi connectivity index (χ1) is 9.95. The van der Waals surface area contributed by atoms with Crippen molar-refractivity contribution in [2.75, 3.05) is 44.8 Å². The number of amides is 2. The Morgan fingerprint density at radius 3 is 2.57 bits per heavy atom. The Morgan fingerprint density at radius 2 is 2.00 bits per heavy atom. The Hall–Kier alpha value is -2.44. The number of nitrogens with two attached hydrogens (primary N) is 1. The van der Waals surface area contributed by atoms with E-state index < -0.39 is 5.97 Å². The molecule has 4 N–H and O–H groups in total. The summed E-state index contributed by atoms with van der Waals surface area (Å²) in [5.74, 6) is -0.394. The van der Waals surface area contributed by atoms with Crippen LogP contribution in [0.25, 0.3) is 0 Å². The second-order valence-corrected chi connectivity index (χ2v) is 4.58. The summed E-state index contributed by atoms with van der Waals surface area (Å²) < 4.78 is 4.90. The van der Waals surface area contributed by atoms with Crippen molar-refractivity contribution in [3.63, 3.8) is 0 Å². The van der Waals surface area contributed by atoms with E-state index >= 15 is 0 Å². The number of esters is 1. The van der Waals surface area contributed by atoms with E-state index in [1.807, 2.05) is 0 Å². The predicted octanol–water partition coefficient (Wildman–Crippen LogP) is 1.13. The minimum absolute atomic E-state index is 0.151. The van der Waals surface area contributed by atoms with Crippen molar-refractivity contribution in [2.45, 2.75) is 6.92 Å². The third kappa shape index (κ3) is 5.21. The van der Waals surface area contributed by atoms with E-state index in [1.54, 1.807) is 39.2 Å². The number of hydrogen-bond acceptors (Lipinski definition) is 5. The minimum atomic E-state index is -0.394. The van der Waals surface area contributed by atoms with Crippen LogP contribution in [-0.2, 0) is 4.74 Å². The summed E-state index contributed by atoms with van der Waals surface area (Å²) in [4.78, 5) is 24.3. The maximum absolute atomic E-state index is 11.6. The van der Waals surface area contributed by atoms with Crippen LogP contribution in [0, 0.1) is 0 Å². The number of hydrogen-bond donors (Lipinski definition) is 3. The fourth-order valence-electron chi connectivity index (χ4n) is 1.59. The van der Waals surface area contributed by atoms with Gasteiger partial charge in [0.05, 0.1) is 23.5 Å². The maximum atomic E-state index is 11.6. The van der Waals surface area contributed by atoms with Gasteiger partial charge in [0.1, 0.15) is 0 Å². The number of nitrogens with one attached hydrogen (secondary N) is 2. The molecule has 2 amide bonds. The van der Waals surface area contributed by atoms with Crippen LogP contribution in [0.15, 0.2) is 18.2 Å². The van der Waals surface area contributed by atoms with E-state index in [9.17, 15) is 9.59 Å². The molecule has 0 heterocycles. The molecule has 0 aromatic heterocycles. The van der Waals surface area contributed by atoms with Crippen LogP contribution in [0.3, 0.4) is 0 Å². The summed E-state index contributed by atoms with van der Waals surface area (Å²) in [6.07, 6.45) is 0. The minimum Gasteiger partial charge on any atom is -0.462 e. The van der Waals surface area contributed by atoms with Crippen molar-refractivity contribution in [2.24, 2.45) is 0 Å². The Bertz CT molecular complexity index is 503. The van der Waals surface area contributed by atoms with E-state index in [4.69, 9.17) is 10.5 Å². The molecule has 1 aromatic rings. The molecule has 0 aliphatic rings. The van der Waals surface area contributed by atoms with Crippen LogP contribution in [0.1, 0.15) is 17.3 Å². The Labute approximate surface area is 124 Å². The Kier molecular flexibility index (Phi) is 6.32. The molecular formula is C14H22N4O3. The van der Waals surface area contributed by atoms with Gasteiger partial charge in [0, 0.05) is 27.2 Å². The maximum Gasteiger partial charge on any atom is 0.338 e. The van der Waals surface area contributed by atoms with Crippen LogP contribution in [0.2, 0.25) is 0 Å². The first-order valence-corrected chi connectivity index (χ1v) is 6.71. The van der Waals surface area contributed by atoms with Crippen molar-refractivity contribution in [1.82, 2.24) is 10.2 Å². The number of nitrogens with zero attached hydrogens (tertiary/aromatic N) is 1. The molecule has 0 saturated carbocycles. The number of carbonyl (C=O) groups is 2. The summed E-state index contributed by atoms with van der Waals surface area (Å²) in [5, 5.41) is 5.82. The summed E-state index contributed by atoms with van der Waals surface area (Å²) in [5.41, 5.74) is 7.47. The van der Waals surface area contributed by atoms with Gasteiger partial charge in [-0.05, 0) is 25.1 Å². The molecular weight excluding hydrogens is 272 g/mol. The molecule has 0 atom stereocenters. The number of carbonyl (C=O) groups excluding carboxylic acids is 2. The summed E-state index contributed by atoms with van der Waals surface area (Å²) in [6, 6.07) is 4.78. The largest absolute Gasteiger partial charge is 0.462 e. The van der Waals surface area contributed by atoms with Gasteiger partial charge in [-0.15, -0.1) is 0 Å². The zero-order valence-corrected chi connectivity index (χ0v) is 12.6. The smallest absolute Gasteiger partial charge is 0.338 e. The molecule has 0 aliphatic carbocycles. The molecule has 0 radical (unpaired) electrons. The number of ether oxygens (including phenoxy) is 1. The van der Waals surface area contributed by atoms with Crippen molar-refractivity contribution >= 4 is 23.4 Å².